The summed E-state index contributed by atoms with van der Waals surface area (Å²) in [5.74, 6) is 0.845. The summed E-state index contributed by atoms with van der Waals surface area (Å²) in [5.41, 5.74) is 5.39. The van der Waals surface area contributed by atoms with E-state index in [4.69, 9.17) is 9.72 Å². The Labute approximate surface area is 167 Å². The average Bonchev–Trinajstić information content (AvgIpc) is 3.10. The monoisotopic (exact) mass is 389 g/mol. The third-order valence-corrected chi connectivity index (χ3v) is 5.48. The van der Waals surface area contributed by atoms with Crippen LogP contribution in [0.5, 0.6) is 11.5 Å². The van der Waals surface area contributed by atoms with E-state index in [2.05, 4.69) is 29.3 Å². The van der Waals surface area contributed by atoms with Crippen molar-refractivity contribution in [1.82, 2.24) is 4.98 Å². The molecular formula is C22H19N3O2S. The molecule has 0 fully saturated rings. The van der Waals surface area contributed by atoms with Crippen molar-refractivity contribution in [2.45, 2.75) is 13.8 Å². The molecule has 6 heteroatoms. The fourth-order valence-corrected chi connectivity index (χ4v) is 3.97. The second-order valence-electron chi connectivity index (χ2n) is 6.55. The van der Waals surface area contributed by atoms with Gasteiger partial charge in [0.15, 0.2) is 0 Å². The van der Waals surface area contributed by atoms with Crippen molar-refractivity contribution in [2.75, 3.05) is 7.11 Å². The molecule has 0 unspecified atom stereocenters. The number of hydrogen-bond donors (Lipinski definition) is 1. The van der Waals surface area contributed by atoms with E-state index >= 15 is 0 Å². The van der Waals surface area contributed by atoms with Crippen LogP contribution in [0, 0.1) is 13.8 Å². The summed E-state index contributed by atoms with van der Waals surface area (Å²) >= 11 is 1.66. The van der Waals surface area contributed by atoms with Crippen LogP contribution >= 0.6 is 11.3 Å². The lowest BCUT2D eigenvalue weighted by molar-refractivity contribution is 0.416. The lowest BCUT2D eigenvalue weighted by Gasteiger charge is -2.06. The van der Waals surface area contributed by atoms with Crippen LogP contribution in [0.15, 0.2) is 64.8 Å². The molecule has 5 nitrogen and oxygen atoms in total. The van der Waals surface area contributed by atoms with E-state index in [1.807, 2.05) is 31.2 Å². The van der Waals surface area contributed by atoms with Gasteiger partial charge in [0.2, 0.25) is 0 Å². The molecule has 0 aliphatic carbocycles. The molecule has 0 bridgehead atoms. The molecule has 1 N–H and O–H groups in total. The van der Waals surface area contributed by atoms with Gasteiger partial charge in [-0.3, -0.25) is 0 Å². The maximum Gasteiger partial charge on any atom is 0.147 e. The molecule has 0 saturated carbocycles. The number of aromatic hydroxyl groups is 1. The number of rotatable bonds is 4. The molecular weight excluding hydrogens is 370 g/mol. The van der Waals surface area contributed by atoms with Crippen molar-refractivity contribution in [3.05, 3.63) is 65.7 Å². The molecule has 0 saturated heterocycles. The third-order valence-electron chi connectivity index (χ3n) is 4.42. The second-order valence-corrected chi connectivity index (χ2v) is 7.58. The highest BCUT2D eigenvalue weighted by molar-refractivity contribution is 7.21. The van der Waals surface area contributed by atoms with Gasteiger partial charge >= 0.3 is 0 Å². The first-order valence-corrected chi connectivity index (χ1v) is 9.62. The van der Waals surface area contributed by atoms with E-state index in [0.29, 0.717) is 17.1 Å². The molecule has 0 amide bonds. The van der Waals surface area contributed by atoms with E-state index in [1.54, 1.807) is 36.6 Å². The number of nitrogens with zero attached hydrogens (tertiary/aromatic N) is 3. The first-order chi connectivity index (χ1) is 13.5. The van der Waals surface area contributed by atoms with Crippen molar-refractivity contribution in [1.29, 1.82) is 0 Å². The third kappa shape index (κ3) is 3.59. The molecule has 140 valence electrons. The van der Waals surface area contributed by atoms with Gasteiger partial charge in [-0.25, -0.2) is 4.98 Å². The fourth-order valence-electron chi connectivity index (χ4n) is 2.91. The highest BCUT2D eigenvalue weighted by Gasteiger charge is 2.10. The first-order valence-electron chi connectivity index (χ1n) is 8.80. The molecule has 0 atom stereocenters. The Balaban J connectivity index is 1.68. The zero-order valence-corrected chi connectivity index (χ0v) is 16.6. The van der Waals surface area contributed by atoms with Crippen LogP contribution in [0.25, 0.3) is 20.8 Å². The normalized spacial score (nSPS) is 11.4. The predicted octanol–water partition coefficient (Wildman–Crippen LogP) is 6.71. The van der Waals surface area contributed by atoms with E-state index in [-0.39, 0.29) is 5.75 Å². The summed E-state index contributed by atoms with van der Waals surface area (Å²) in [6, 6.07) is 17.0. The van der Waals surface area contributed by atoms with Crippen LogP contribution in [0.1, 0.15) is 11.1 Å². The molecule has 4 rings (SSSR count). The highest BCUT2D eigenvalue weighted by Crippen LogP contribution is 2.37. The Hall–Kier alpha value is -3.25. The van der Waals surface area contributed by atoms with Crippen molar-refractivity contribution < 1.29 is 9.84 Å². The SMILES string of the molecule is COc1cc(-c2nc3ccc(C)cc3s2)ccc1/N=N/c1ccc(O)cc1C. The predicted molar refractivity (Wildman–Crippen MR) is 113 cm³/mol. The van der Waals surface area contributed by atoms with E-state index in [0.717, 1.165) is 21.7 Å². The summed E-state index contributed by atoms with van der Waals surface area (Å²) in [5, 5.41) is 19.1. The number of fused-ring (bicyclic) bond motifs is 1. The van der Waals surface area contributed by atoms with E-state index in [1.165, 1.54) is 10.3 Å². The zero-order valence-electron chi connectivity index (χ0n) is 15.8. The fraction of sp³-hybridized carbons (Fsp3) is 0.136. The molecule has 1 aromatic heterocycles. The van der Waals surface area contributed by atoms with Gasteiger partial charge in [-0.15, -0.1) is 16.5 Å². The maximum atomic E-state index is 9.51. The number of phenolic OH excluding ortho intramolecular Hbond substituents is 1. The summed E-state index contributed by atoms with van der Waals surface area (Å²) < 4.78 is 6.69. The summed E-state index contributed by atoms with van der Waals surface area (Å²) in [6.45, 7) is 3.96. The van der Waals surface area contributed by atoms with E-state index < -0.39 is 0 Å². The number of benzene rings is 3. The van der Waals surface area contributed by atoms with Gasteiger partial charge in [0.1, 0.15) is 22.2 Å². The minimum atomic E-state index is 0.212. The number of azo groups is 1. The van der Waals surface area contributed by atoms with Gasteiger partial charge in [0.25, 0.3) is 0 Å². The largest absolute Gasteiger partial charge is 0.508 e. The summed E-state index contributed by atoms with van der Waals surface area (Å²) in [4.78, 5) is 4.73. The second kappa shape index (κ2) is 7.40. The first kappa shape index (κ1) is 18.1. The Morgan fingerprint density at radius 1 is 0.929 bits per heavy atom. The topological polar surface area (TPSA) is 67.1 Å². The standard InChI is InChI=1S/C22H19N3O2S/c1-13-4-7-19-21(10-13)28-22(23-19)15-5-8-18(20(12-15)27-3)25-24-17-9-6-16(26)11-14(17)2/h4-12,26H,1-3H3/b25-24+. The van der Waals surface area contributed by atoms with Crippen LogP contribution in [0.2, 0.25) is 0 Å². The molecule has 1 heterocycles. The van der Waals surface area contributed by atoms with Gasteiger partial charge in [0, 0.05) is 5.56 Å². The van der Waals surface area contributed by atoms with Crippen LogP contribution in [0.3, 0.4) is 0 Å². The Bertz CT molecular complexity index is 1200. The highest BCUT2D eigenvalue weighted by atomic mass is 32.1. The van der Waals surface area contributed by atoms with Gasteiger partial charge in [-0.1, -0.05) is 6.07 Å². The lowest BCUT2D eigenvalue weighted by atomic mass is 10.2. The smallest absolute Gasteiger partial charge is 0.147 e. The molecule has 3 aromatic carbocycles. The number of methoxy groups -OCH3 is 1. The van der Waals surface area contributed by atoms with Crippen molar-refractivity contribution in [2.24, 2.45) is 10.2 Å². The van der Waals surface area contributed by atoms with Gasteiger partial charge in [-0.2, -0.15) is 5.11 Å². The number of aryl methyl sites for hydroxylation is 2. The number of hydrogen-bond acceptors (Lipinski definition) is 6. The molecule has 0 radical (unpaired) electrons. The molecule has 0 spiro atoms. The number of thiazole rings is 1. The summed E-state index contributed by atoms with van der Waals surface area (Å²) in [7, 11) is 1.62. The van der Waals surface area contributed by atoms with E-state index in [9.17, 15) is 5.11 Å². The molecule has 0 aliphatic rings. The van der Waals surface area contributed by atoms with Crippen molar-refractivity contribution in [3.8, 4) is 22.1 Å². The number of phenols is 1. The Morgan fingerprint density at radius 3 is 2.50 bits per heavy atom. The van der Waals surface area contributed by atoms with Crippen LogP contribution < -0.4 is 4.74 Å². The lowest BCUT2D eigenvalue weighted by Crippen LogP contribution is -1.85. The zero-order chi connectivity index (χ0) is 19.7. The van der Waals surface area contributed by atoms with Crippen LogP contribution in [-0.4, -0.2) is 17.2 Å². The quantitative estimate of drug-likeness (QED) is 0.394. The van der Waals surface area contributed by atoms with Gasteiger partial charge < -0.3 is 9.84 Å². The van der Waals surface area contributed by atoms with Crippen molar-refractivity contribution >= 4 is 32.9 Å². The maximum absolute atomic E-state index is 9.51. The molecule has 0 aliphatic heterocycles. The van der Waals surface area contributed by atoms with Gasteiger partial charge in [-0.05, 0) is 73.5 Å². The Kier molecular flexibility index (Phi) is 4.79. The van der Waals surface area contributed by atoms with Crippen molar-refractivity contribution in [3.63, 3.8) is 0 Å². The molecule has 28 heavy (non-hydrogen) atoms. The summed E-state index contributed by atoms with van der Waals surface area (Å²) in [6.07, 6.45) is 0. The number of ether oxygens (including phenoxy) is 1. The number of aromatic nitrogens is 1. The Morgan fingerprint density at radius 2 is 1.71 bits per heavy atom. The average molecular weight is 389 g/mol. The van der Waals surface area contributed by atoms with Gasteiger partial charge in [0.05, 0.1) is 23.0 Å². The minimum absolute atomic E-state index is 0.212. The van der Waals surface area contributed by atoms with Crippen LogP contribution in [0.4, 0.5) is 11.4 Å². The molecule has 4 aromatic rings. The minimum Gasteiger partial charge on any atom is -0.508 e. The van der Waals surface area contributed by atoms with Crippen LogP contribution in [-0.2, 0) is 0 Å².